The number of aliphatic hydroxyl groups excluding tert-OH is 2. The second kappa shape index (κ2) is 22.8. The van der Waals surface area contributed by atoms with Crippen molar-refractivity contribution in [1.82, 2.24) is 5.32 Å². The molecule has 4 nitrogen and oxygen atoms in total. The molecule has 4 heteroatoms. The molecule has 0 spiro atoms. The molecule has 0 bridgehead atoms. The lowest BCUT2D eigenvalue weighted by molar-refractivity contribution is -0.123. The molecule has 178 valence electrons. The number of hydrogen-bond acceptors (Lipinski definition) is 3. The second-order valence-electron chi connectivity index (χ2n) is 8.75. The first-order valence-electron chi connectivity index (χ1n) is 12.9. The van der Waals surface area contributed by atoms with Crippen LogP contribution in [0.25, 0.3) is 0 Å². The molecule has 0 radical (unpaired) electrons. The van der Waals surface area contributed by atoms with Gasteiger partial charge in [0, 0.05) is 6.42 Å². The van der Waals surface area contributed by atoms with Crippen molar-refractivity contribution in [3.63, 3.8) is 0 Å². The third-order valence-electron chi connectivity index (χ3n) is 5.78. The molecule has 1 amide bonds. The first kappa shape index (κ1) is 29.1. The third-order valence-corrected chi connectivity index (χ3v) is 5.78. The summed E-state index contributed by atoms with van der Waals surface area (Å²) in [5, 5.41) is 22.6. The van der Waals surface area contributed by atoms with Crippen LogP contribution in [0.4, 0.5) is 0 Å². The van der Waals surface area contributed by atoms with E-state index in [1.54, 1.807) is 0 Å². The maximum atomic E-state index is 12.1. The van der Waals surface area contributed by atoms with E-state index in [4.69, 9.17) is 0 Å². The van der Waals surface area contributed by atoms with Gasteiger partial charge in [-0.2, -0.15) is 0 Å². The van der Waals surface area contributed by atoms with E-state index >= 15 is 0 Å². The van der Waals surface area contributed by atoms with Crippen molar-refractivity contribution in [1.29, 1.82) is 0 Å². The van der Waals surface area contributed by atoms with Crippen molar-refractivity contribution in [3.8, 4) is 0 Å². The first-order chi connectivity index (χ1) is 14.7. The average Bonchev–Trinajstić information content (AvgIpc) is 2.75. The zero-order valence-corrected chi connectivity index (χ0v) is 20.0. The molecule has 0 aromatic carbocycles. The van der Waals surface area contributed by atoms with Gasteiger partial charge in [0.1, 0.15) is 0 Å². The summed E-state index contributed by atoms with van der Waals surface area (Å²) >= 11 is 0. The van der Waals surface area contributed by atoms with Crippen LogP contribution in [0.2, 0.25) is 0 Å². The smallest absolute Gasteiger partial charge is 0.220 e. The number of hydrogen-bond donors (Lipinski definition) is 3. The van der Waals surface area contributed by atoms with Crippen LogP contribution in [0, 0.1) is 0 Å². The van der Waals surface area contributed by atoms with Gasteiger partial charge < -0.3 is 15.5 Å². The van der Waals surface area contributed by atoms with Crippen molar-refractivity contribution in [2.45, 2.75) is 142 Å². The Bertz CT molecular complexity index is 398. The van der Waals surface area contributed by atoms with Gasteiger partial charge in [0.15, 0.2) is 0 Å². The maximum Gasteiger partial charge on any atom is 0.220 e. The zero-order chi connectivity index (χ0) is 22.3. The lowest BCUT2D eigenvalue weighted by Gasteiger charge is -2.22. The standard InChI is InChI=1S/C26H51NO3/c1-3-5-7-9-11-12-13-14-16-18-20-22-26(30)27-24(23-28)25(29)21-19-17-15-10-8-6-4-2/h9,11,24-25,28-29H,3-8,10,12-23H2,1-2H3,(H,27,30)/b11-9-. The van der Waals surface area contributed by atoms with E-state index in [0.29, 0.717) is 12.8 Å². The second-order valence-corrected chi connectivity index (χ2v) is 8.75. The van der Waals surface area contributed by atoms with Crippen molar-refractivity contribution < 1.29 is 15.0 Å². The molecule has 0 rings (SSSR count). The Kier molecular flexibility index (Phi) is 22.1. The van der Waals surface area contributed by atoms with Gasteiger partial charge in [0.05, 0.1) is 18.8 Å². The fourth-order valence-electron chi connectivity index (χ4n) is 3.69. The lowest BCUT2D eigenvalue weighted by Crippen LogP contribution is -2.45. The van der Waals surface area contributed by atoms with E-state index in [0.717, 1.165) is 25.7 Å². The highest BCUT2D eigenvalue weighted by Crippen LogP contribution is 2.12. The summed E-state index contributed by atoms with van der Waals surface area (Å²) in [6.45, 7) is 4.24. The number of allylic oxidation sites excluding steroid dienone is 2. The van der Waals surface area contributed by atoms with E-state index in [-0.39, 0.29) is 12.5 Å². The molecular formula is C26H51NO3. The van der Waals surface area contributed by atoms with Gasteiger partial charge in [-0.25, -0.2) is 0 Å². The van der Waals surface area contributed by atoms with Gasteiger partial charge in [-0.15, -0.1) is 0 Å². The van der Waals surface area contributed by atoms with Crippen LogP contribution in [-0.2, 0) is 4.79 Å². The van der Waals surface area contributed by atoms with E-state index < -0.39 is 12.1 Å². The van der Waals surface area contributed by atoms with Gasteiger partial charge in [0.25, 0.3) is 0 Å². The molecule has 0 aliphatic heterocycles. The van der Waals surface area contributed by atoms with E-state index in [2.05, 4.69) is 31.3 Å². The Morgan fingerprint density at radius 3 is 1.93 bits per heavy atom. The van der Waals surface area contributed by atoms with Crippen LogP contribution in [0.1, 0.15) is 129 Å². The summed E-state index contributed by atoms with van der Waals surface area (Å²) in [5.74, 6) is -0.0495. The van der Waals surface area contributed by atoms with Crippen molar-refractivity contribution >= 4 is 5.91 Å². The number of carbonyl (C=O) groups excluding carboxylic acids is 1. The molecule has 0 saturated heterocycles. The molecule has 0 saturated carbocycles. The van der Waals surface area contributed by atoms with Crippen molar-refractivity contribution in [2.75, 3.05) is 6.61 Å². The first-order valence-corrected chi connectivity index (χ1v) is 12.9. The molecular weight excluding hydrogens is 374 g/mol. The number of amides is 1. The summed E-state index contributed by atoms with van der Waals surface area (Å²) in [6, 6.07) is -0.530. The van der Waals surface area contributed by atoms with Crippen LogP contribution < -0.4 is 5.32 Å². The average molecular weight is 426 g/mol. The van der Waals surface area contributed by atoms with Crippen LogP contribution in [0.3, 0.4) is 0 Å². The SMILES string of the molecule is CCCC/C=C\CCCCCCCC(=O)NC(CO)C(O)CCCCCCCCC. The molecule has 30 heavy (non-hydrogen) atoms. The Hall–Kier alpha value is -0.870. The van der Waals surface area contributed by atoms with Gasteiger partial charge in [-0.1, -0.05) is 103 Å². The molecule has 0 heterocycles. The predicted molar refractivity (Wildman–Crippen MR) is 129 cm³/mol. The highest BCUT2D eigenvalue weighted by atomic mass is 16.3. The molecule has 0 fully saturated rings. The predicted octanol–water partition coefficient (Wildman–Crippen LogP) is 6.44. The number of aliphatic hydroxyl groups is 2. The van der Waals surface area contributed by atoms with Gasteiger partial charge in [0.2, 0.25) is 5.91 Å². The van der Waals surface area contributed by atoms with Gasteiger partial charge >= 0.3 is 0 Å². The van der Waals surface area contributed by atoms with E-state index in [1.165, 1.54) is 77.0 Å². The van der Waals surface area contributed by atoms with Crippen molar-refractivity contribution in [2.24, 2.45) is 0 Å². The Morgan fingerprint density at radius 2 is 1.30 bits per heavy atom. The maximum absolute atomic E-state index is 12.1. The van der Waals surface area contributed by atoms with Crippen LogP contribution in [0.15, 0.2) is 12.2 Å². The molecule has 2 atom stereocenters. The Balaban J connectivity index is 3.67. The van der Waals surface area contributed by atoms with Crippen LogP contribution >= 0.6 is 0 Å². The van der Waals surface area contributed by atoms with E-state index in [1.807, 2.05) is 0 Å². The molecule has 3 N–H and O–H groups in total. The molecule has 0 aromatic heterocycles. The molecule has 0 aromatic rings. The topological polar surface area (TPSA) is 69.6 Å². The van der Waals surface area contributed by atoms with E-state index in [9.17, 15) is 15.0 Å². The fourth-order valence-corrected chi connectivity index (χ4v) is 3.69. The molecule has 0 aliphatic carbocycles. The van der Waals surface area contributed by atoms with Gasteiger partial charge in [-0.3, -0.25) is 4.79 Å². The highest BCUT2D eigenvalue weighted by Gasteiger charge is 2.19. The lowest BCUT2D eigenvalue weighted by atomic mass is 10.0. The summed E-state index contributed by atoms with van der Waals surface area (Å²) < 4.78 is 0. The number of unbranched alkanes of at least 4 members (excludes halogenated alkanes) is 13. The summed E-state index contributed by atoms with van der Waals surface area (Å²) in [7, 11) is 0. The van der Waals surface area contributed by atoms with Crippen LogP contribution in [0.5, 0.6) is 0 Å². The minimum Gasteiger partial charge on any atom is -0.394 e. The number of rotatable bonds is 22. The van der Waals surface area contributed by atoms with Crippen molar-refractivity contribution in [3.05, 3.63) is 12.2 Å². The minimum atomic E-state index is -0.653. The zero-order valence-electron chi connectivity index (χ0n) is 20.0. The normalized spacial score (nSPS) is 13.6. The largest absolute Gasteiger partial charge is 0.394 e. The minimum absolute atomic E-state index is 0.0495. The summed E-state index contributed by atoms with van der Waals surface area (Å²) in [5.41, 5.74) is 0. The Morgan fingerprint density at radius 1 is 0.767 bits per heavy atom. The summed E-state index contributed by atoms with van der Waals surface area (Å²) in [4.78, 5) is 12.1. The molecule has 2 unspecified atom stereocenters. The molecule has 0 aliphatic rings. The highest BCUT2D eigenvalue weighted by molar-refractivity contribution is 5.76. The van der Waals surface area contributed by atoms with Crippen LogP contribution in [-0.4, -0.2) is 34.9 Å². The number of carbonyl (C=O) groups is 1. The monoisotopic (exact) mass is 425 g/mol. The fraction of sp³-hybridized carbons (Fsp3) is 0.885. The summed E-state index contributed by atoms with van der Waals surface area (Å²) in [6.07, 6.45) is 23.9. The quantitative estimate of drug-likeness (QED) is 0.138. The number of nitrogens with one attached hydrogen (secondary N) is 1. The Labute approximate surface area is 186 Å². The third kappa shape index (κ3) is 19.1. The van der Waals surface area contributed by atoms with Gasteiger partial charge in [-0.05, 0) is 32.1 Å².